The zero-order valence-corrected chi connectivity index (χ0v) is 17.4. The lowest BCUT2D eigenvalue weighted by Crippen LogP contribution is -2.20. The van der Waals surface area contributed by atoms with E-state index >= 15 is 0 Å². The van der Waals surface area contributed by atoms with Gasteiger partial charge >= 0.3 is 0 Å². The molecular weight excluding hydrogens is 374 g/mol. The second kappa shape index (κ2) is 10.8. The third-order valence-corrected chi connectivity index (χ3v) is 4.11. The average Bonchev–Trinajstić information content (AvgIpc) is 2.76. The van der Waals surface area contributed by atoms with Crippen molar-refractivity contribution in [3.8, 4) is 28.7 Å². The largest absolute Gasteiger partial charge is 0.493 e. The normalized spacial score (nSPS) is 10.5. The zero-order valence-electron chi connectivity index (χ0n) is 17.4. The van der Waals surface area contributed by atoms with Crippen LogP contribution in [-0.4, -0.2) is 41.0 Å². The van der Waals surface area contributed by atoms with E-state index in [4.69, 9.17) is 23.7 Å². The second-order valence-electron chi connectivity index (χ2n) is 5.93. The maximum absolute atomic E-state index is 12.2. The van der Waals surface area contributed by atoms with Crippen molar-refractivity contribution in [2.75, 3.05) is 35.0 Å². The molecule has 0 aliphatic rings. The van der Waals surface area contributed by atoms with Crippen LogP contribution in [0, 0.1) is 0 Å². The molecule has 0 aliphatic carbocycles. The third kappa shape index (κ3) is 5.81. The fourth-order valence-electron chi connectivity index (χ4n) is 2.72. The lowest BCUT2D eigenvalue weighted by molar-refractivity contribution is -0.116. The Labute approximate surface area is 171 Å². The van der Waals surface area contributed by atoms with E-state index in [0.29, 0.717) is 41.9 Å². The van der Waals surface area contributed by atoms with Gasteiger partial charge in [0.15, 0.2) is 23.0 Å². The first-order valence-corrected chi connectivity index (χ1v) is 9.11. The van der Waals surface area contributed by atoms with Crippen LogP contribution in [0.1, 0.15) is 18.1 Å². The van der Waals surface area contributed by atoms with E-state index in [2.05, 4.69) is 5.32 Å². The second-order valence-corrected chi connectivity index (χ2v) is 5.93. The molecule has 2 aromatic rings. The number of amides is 1. The van der Waals surface area contributed by atoms with Gasteiger partial charge in [-0.2, -0.15) is 0 Å². The van der Waals surface area contributed by atoms with Crippen molar-refractivity contribution in [1.82, 2.24) is 5.32 Å². The Kier molecular flexibility index (Phi) is 8.21. The molecule has 7 nitrogen and oxygen atoms in total. The molecule has 0 aliphatic heterocycles. The van der Waals surface area contributed by atoms with Crippen molar-refractivity contribution in [2.45, 2.75) is 13.5 Å². The van der Waals surface area contributed by atoms with Crippen LogP contribution in [-0.2, 0) is 11.3 Å². The summed E-state index contributed by atoms with van der Waals surface area (Å²) in [5, 5.41) is 2.84. The Morgan fingerprint density at radius 1 is 0.897 bits per heavy atom. The number of methoxy groups -OCH3 is 4. The SMILES string of the molecule is CCOc1ccc(/C=C/C(=O)NCc2cc(OC)c(OC)c(OC)c2)cc1OC. The summed E-state index contributed by atoms with van der Waals surface area (Å²) in [6, 6.07) is 9.08. The standard InChI is InChI=1S/C22H27NO6/c1-6-29-17-9-7-15(11-18(17)25-2)8-10-21(24)23-14-16-12-19(26-3)22(28-5)20(13-16)27-4/h7-13H,6,14H2,1-5H3,(H,23,24)/b10-8+. The van der Waals surface area contributed by atoms with E-state index in [9.17, 15) is 4.79 Å². The van der Waals surface area contributed by atoms with Gasteiger partial charge in [0.25, 0.3) is 0 Å². The highest BCUT2D eigenvalue weighted by Gasteiger charge is 2.13. The van der Waals surface area contributed by atoms with Crippen LogP contribution < -0.4 is 29.0 Å². The maximum Gasteiger partial charge on any atom is 0.244 e. The molecule has 1 amide bonds. The molecule has 0 aromatic heterocycles. The van der Waals surface area contributed by atoms with Gasteiger partial charge < -0.3 is 29.0 Å². The summed E-state index contributed by atoms with van der Waals surface area (Å²) in [7, 11) is 6.22. The minimum Gasteiger partial charge on any atom is -0.493 e. The van der Waals surface area contributed by atoms with E-state index in [-0.39, 0.29) is 5.91 Å². The molecular formula is C22H27NO6. The van der Waals surface area contributed by atoms with Crippen molar-refractivity contribution in [2.24, 2.45) is 0 Å². The first-order valence-electron chi connectivity index (χ1n) is 9.11. The summed E-state index contributed by atoms with van der Waals surface area (Å²) in [5.41, 5.74) is 1.65. The zero-order chi connectivity index (χ0) is 21.2. The number of hydrogen-bond acceptors (Lipinski definition) is 6. The molecule has 0 spiro atoms. The fraction of sp³-hybridized carbons (Fsp3) is 0.318. The molecule has 0 unspecified atom stereocenters. The lowest BCUT2D eigenvalue weighted by atomic mass is 10.1. The van der Waals surface area contributed by atoms with Crippen LogP contribution in [0.4, 0.5) is 0 Å². The predicted molar refractivity (Wildman–Crippen MR) is 111 cm³/mol. The lowest BCUT2D eigenvalue weighted by Gasteiger charge is -2.14. The molecule has 0 heterocycles. The molecule has 1 N–H and O–H groups in total. The van der Waals surface area contributed by atoms with E-state index in [1.165, 1.54) is 6.08 Å². The summed E-state index contributed by atoms with van der Waals surface area (Å²) in [5.74, 6) is 2.63. The summed E-state index contributed by atoms with van der Waals surface area (Å²) in [4.78, 5) is 12.2. The Bertz CT molecular complexity index is 837. The molecule has 7 heteroatoms. The molecule has 2 rings (SSSR count). The summed E-state index contributed by atoms with van der Waals surface area (Å²) >= 11 is 0. The van der Waals surface area contributed by atoms with Gasteiger partial charge in [0.05, 0.1) is 35.0 Å². The molecule has 29 heavy (non-hydrogen) atoms. The first-order chi connectivity index (χ1) is 14.1. The minimum atomic E-state index is -0.230. The molecule has 0 saturated carbocycles. The van der Waals surface area contributed by atoms with Crippen molar-refractivity contribution >= 4 is 12.0 Å². The highest BCUT2D eigenvalue weighted by Crippen LogP contribution is 2.38. The van der Waals surface area contributed by atoms with Gasteiger partial charge in [-0.15, -0.1) is 0 Å². The van der Waals surface area contributed by atoms with E-state index in [1.807, 2.05) is 25.1 Å². The molecule has 2 aromatic carbocycles. The van der Waals surface area contributed by atoms with Gasteiger partial charge in [-0.25, -0.2) is 0 Å². The van der Waals surface area contributed by atoms with Crippen LogP contribution >= 0.6 is 0 Å². The van der Waals surface area contributed by atoms with E-state index in [0.717, 1.165) is 11.1 Å². The highest BCUT2D eigenvalue weighted by atomic mass is 16.5. The summed E-state index contributed by atoms with van der Waals surface area (Å²) in [6.07, 6.45) is 3.18. The molecule has 0 fully saturated rings. The fourth-order valence-corrected chi connectivity index (χ4v) is 2.72. The third-order valence-electron chi connectivity index (χ3n) is 4.11. The molecule has 0 radical (unpaired) electrons. The highest BCUT2D eigenvalue weighted by molar-refractivity contribution is 5.91. The van der Waals surface area contributed by atoms with Crippen LogP contribution in [0.25, 0.3) is 6.08 Å². The van der Waals surface area contributed by atoms with Crippen LogP contribution in [0.5, 0.6) is 28.7 Å². The van der Waals surface area contributed by atoms with Gasteiger partial charge in [0, 0.05) is 12.6 Å². The molecule has 0 atom stereocenters. The minimum absolute atomic E-state index is 0.230. The van der Waals surface area contributed by atoms with Gasteiger partial charge in [0.1, 0.15) is 0 Å². The summed E-state index contributed by atoms with van der Waals surface area (Å²) < 4.78 is 26.8. The maximum atomic E-state index is 12.2. The van der Waals surface area contributed by atoms with Crippen LogP contribution in [0.3, 0.4) is 0 Å². The number of benzene rings is 2. The number of ether oxygens (including phenoxy) is 5. The topological polar surface area (TPSA) is 75.3 Å². The molecule has 0 saturated heterocycles. The van der Waals surface area contributed by atoms with Crippen LogP contribution in [0.15, 0.2) is 36.4 Å². The van der Waals surface area contributed by atoms with Crippen molar-refractivity contribution in [1.29, 1.82) is 0 Å². The average molecular weight is 401 g/mol. The number of hydrogen-bond donors (Lipinski definition) is 1. The Balaban J connectivity index is 2.04. The van der Waals surface area contributed by atoms with Gasteiger partial charge in [-0.1, -0.05) is 6.07 Å². The Morgan fingerprint density at radius 3 is 2.10 bits per heavy atom. The smallest absolute Gasteiger partial charge is 0.244 e. The first kappa shape index (κ1) is 21.9. The Morgan fingerprint density at radius 2 is 1.55 bits per heavy atom. The number of carbonyl (C=O) groups is 1. The van der Waals surface area contributed by atoms with Crippen LogP contribution in [0.2, 0.25) is 0 Å². The van der Waals surface area contributed by atoms with Gasteiger partial charge in [-0.05, 0) is 48.4 Å². The monoisotopic (exact) mass is 401 g/mol. The van der Waals surface area contributed by atoms with E-state index < -0.39 is 0 Å². The number of nitrogens with one attached hydrogen (secondary N) is 1. The van der Waals surface area contributed by atoms with E-state index in [1.54, 1.807) is 46.6 Å². The molecule has 0 bridgehead atoms. The van der Waals surface area contributed by atoms with Crippen molar-refractivity contribution in [3.05, 3.63) is 47.5 Å². The number of rotatable bonds is 10. The summed E-state index contributed by atoms with van der Waals surface area (Å²) in [6.45, 7) is 2.77. The number of carbonyl (C=O) groups excluding carboxylic acids is 1. The molecule has 156 valence electrons. The quantitative estimate of drug-likeness (QED) is 0.615. The Hall–Kier alpha value is -3.35. The van der Waals surface area contributed by atoms with Crippen molar-refractivity contribution in [3.63, 3.8) is 0 Å². The van der Waals surface area contributed by atoms with Crippen molar-refractivity contribution < 1.29 is 28.5 Å². The predicted octanol–water partition coefficient (Wildman–Crippen LogP) is 3.45. The van der Waals surface area contributed by atoms with Gasteiger partial charge in [-0.3, -0.25) is 4.79 Å². The van der Waals surface area contributed by atoms with Gasteiger partial charge in [0.2, 0.25) is 11.7 Å².